The van der Waals surface area contributed by atoms with Crippen molar-refractivity contribution in [1.29, 1.82) is 0 Å². The lowest BCUT2D eigenvalue weighted by Crippen LogP contribution is -2.27. The van der Waals surface area contributed by atoms with E-state index in [4.69, 9.17) is 14.6 Å². The average molecular weight is 291 g/mol. The van der Waals surface area contributed by atoms with Crippen molar-refractivity contribution in [3.05, 3.63) is 0 Å². The number of thioether (sulfide) groups is 1. The van der Waals surface area contributed by atoms with Gasteiger partial charge in [-0.1, -0.05) is 0 Å². The Morgan fingerprint density at radius 1 is 1.42 bits per heavy atom. The van der Waals surface area contributed by atoms with Gasteiger partial charge in [0.2, 0.25) is 5.91 Å². The molecule has 0 radical (unpaired) electrons. The summed E-state index contributed by atoms with van der Waals surface area (Å²) in [5.41, 5.74) is 0. The van der Waals surface area contributed by atoms with Crippen molar-refractivity contribution in [3.8, 4) is 0 Å². The number of aliphatic carboxylic acids is 1. The van der Waals surface area contributed by atoms with Crippen LogP contribution in [0.5, 0.6) is 0 Å². The maximum absolute atomic E-state index is 11.3. The fraction of sp³-hybridized carbons (Fsp3) is 0.833. The van der Waals surface area contributed by atoms with Crippen LogP contribution in [0.25, 0.3) is 0 Å². The smallest absolute Gasteiger partial charge is 0.313 e. The fourth-order valence-electron chi connectivity index (χ4n) is 1.67. The van der Waals surface area contributed by atoms with E-state index in [-0.39, 0.29) is 23.5 Å². The average Bonchev–Trinajstić information content (AvgIpc) is 2.86. The number of carbonyl (C=O) groups excluding carboxylic acids is 1. The van der Waals surface area contributed by atoms with Gasteiger partial charge in [0.15, 0.2) is 0 Å². The largest absolute Gasteiger partial charge is 0.481 e. The first-order chi connectivity index (χ1) is 9.18. The van der Waals surface area contributed by atoms with Crippen molar-refractivity contribution < 1.29 is 24.2 Å². The summed E-state index contributed by atoms with van der Waals surface area (Å²) in [6.07, 6.45) is 3.17. The Hall–Kier alpha value is -0.790. The van der Waals surface area contributed by atoms with Crippen LogP contribution in [0.4, 0.5) is 0 Å². The van der Waals surface area contributed by atoms with E-state index in [1.54, 1.807) is 0 Å². The Kier molecular flexibility index (Phi) is 8.61. The zero-order chi connectivity index (χ0) is 13.9. The third-order valence-electron chi connectivity index (χ3n) is 2.57. The van der Waals surface area contributed by atoms with E-state index in [1.165, 1.54) is 0 Å². The third kappa shape index (κ3) is 8.85. The molecule has 0 aromatic heterocycles. The molecule has 1 rings (SSSR count). The summed E-state index contributed by atoms with van der Waals surface area (Å²) >= 11 is 1.10. The lowest BCUT2D eigenvalue weighted by Gasteiger charge is -2.10. The van der Waals surface area contributed by atoms with Crippen LogP contribution in [-0.2, 0) is 19.1 Å². The number of amides is 1. The highest BCUT2D eigenvalue weighted by atomic mass is 32.2. The third-order valence-corrected chi connectivity index (χ3v) is 3.49. The van der Waals surface area contributed by atoms with Crippen molar-refractivity contribution in [1.82, 2.24) is 5.32 Å². The standard InChI is InChI=1S/C12H21NO5S/c14-11(8-19-9-12(15)16)13-4-2-5-17-7-10-3-1-6-18-10/h10H,1-9H2,(H,13,14)(H,15,16). The second-order valence-corrected chi connectivity index (χ2v) is 5.29. The van der Waals surface area contributed by atoms with Crippen LogP contribution >= 0.6 is 11.8 Å². The lowest BCUT2D eigenvalue weighted by molar-refractivity contribution is -0.133. The molecule has 1 fully saturated rings. The van der Waals surface area contributed by atoms with E-state index in [0.717, 1.165) is 37.6 Å². The molecule has 0 saturated carbocycles. The molecule has 0 aromatic rings. The summed E-state index contributed by atoms with van der Waals surface area (Å²) < 4.78 is 10.9. The van der Waals surface area contributed by atoms with Gasteiger partial charge in [0.1, 0.15) is 0 Å². The molecule has 2 N–H and O–H groups in total. The van der Waals surface area contributed by atoms with Crippen molar-refractivity contribution >= 4 is 23.6 Å². The van der Waals surface area contributed by atoms with Gasteiger partial charge in [-0.3, -0.25) is 9.59 Å². The van der Waals surface area contributed by atoms with Crippen molar-refractivity contribution in [2.45, 2.75) is 25.4 Å². The van der Waals surface area contributed by atoms with Gasteiger partial charge >= 0.3 is 5.97 Å². The molecule has 1 unspecified atom stereocenters. The predicted molar refractivity (Wildman–Crippen MR) is 72.4 cm³/mol. The number of ether oxygens (including phenoxy) is 2. The molecule has 0 spiro atoms. The quantitative estimate of drug-likeness (QED) is 0.570. The number of hydrogen-bond acceptors (Lipinski definition) is 5. The second-order valence-electron chi connectivity index (χ2n) is 4.30. The SMILES string of the molecule is O=C(O)CSCC(=O)NCCCOCC1CCCO1. The van der Waals surface area contributed by atoms with Gasteiger partial charge in [-0.25, -0.2) is 0 Å². The van der Waals surface area contributed by atoms with Crippen molar-refractivity contribution in [2.24, 2.45) is 0 Å². The van der Waals surface area contributed by atoms with Gasteiger partial charge in [0, 0.05) is 19.8 Å². The molecule has 7 heteroatoms. The Morgan fingerprint density at radius 2 is 2.26 bits per heavy atom. The van der Waals surface area contributed by atoms with Gasteiger partial charge in [-0.2, -0.15) is 0 Å². The van der Waals surface area contributed by atoms with Crippen LogP contribution < -0.4 is 5.32 Å². The van der Waals surface area contributed by atoms with Gasteiger partial charge < -0.3 is 19.9 Å². The summed E-state index contributed by atoms with van der Waals surface area (Å²) in [5, 5.41) is 11.1. The summed E-state index contributed by atoms with van der Waals surface area (Å²) in [7, 11) is 0. The number of rotatable bonds is 10. The highest BCUT2D eigenvalue weighted by molar-refractivity contribution is 8.00. The highest BCUT2D eigenvalue weighted by Crippen LogP contribution is 2.11. The van der Waals surface area contributed by atoms with Crippen LogP contribution in [0.15, 0.2) is 0 Å². The van der Waals surface area contributed by atoms with Gasteiger partial charge in [-0.05, 0) is 19.3 Å². The summed E-state index contributed by atoms with van der Waals surface area (Å²) in [6, 6.07) is 0. The Labute approximate surface area is 117 Å². The van der Waals surface area contributed by atoms with E-state index < -0.39 is 5.97 Å². The topological polar surface area (TPSA) is 84.9 Å². The molecule has 6 nitrogen and oxygen atoms in total. The predicted octanol–water partition coefficient (Wildman–Crippen LogP) is 0.506. The first kappa shape index (κ1) is 16.3. The molecule has 1 saturated heterocycles. The first-order valence-corrected chi connectivity index (χ1v) is 7.59. The van der Waals surface area contributed by atoms with E-state index in [1.807, 2.05) is 0 Å². The minimum Gasteiger partial charge on any atom is -0.481 e. The number of carboxylic acid groups (broad SMARTS) is 1. The molecule has 1 aliphatic rings. The maximum atomic E-state index is 11.3. The molecule has 0 aromatic carbocycles. The lowest BCUT2D eigenvalue weighted by atomic mass is 10.2. The molecule has 19 heavy (non-hydrogen) atoms. The van der Waals surface area contributed by atoms with Gasteiger partial charge in [0.05, 0.1) is 24.2 Å². The van der Waals surface area contributed by atoms with Crippen LogP contribution in [-0.4, -0.2) is 61.0 Å². The molecule has 110 valence electrons. The molecule has 1 amide bonds. The van der Waals surface area contributed by atoms with E-state index in [9.17, 15) is 9.59 Å². The summed E-state index contributed by atoms with van der Waals surface area (Å²) in [4.78, 5) is 21.5. The fourth-order valence-corrected chi connectivity index (χ4v) is 2.24. The monoisotopic (exact) mass is 291 g/mol. The molecule has 0 bridgehead atoms. The molecule has 1 atom stereocenters. The Morgan fingerprint density at radius 3 is 2.95 bits per heavy atom. The van der Waals surface area contributed by atoms with Crippen LogP contribution in [0.2, 0.25) is 0 Å². The van der Waals surface area contributed by atoms with Crippen molar-refractivity contribution in [2.75, 3.05) is 37.9 Å². The number of carbonyl (C=O) groups is 2. The second kappa shape index (κ2) is 10.1. The maximum Gasteiger partial charge on any atom is 0.313 e. The molecular formula is C12H21NO5S. The number of nitrogens with one attached hydrogen (secondary N) is 1. The highest BCUT2D eigenvalue weighted by Gasteiger charge is 2.14. The van der Waals surface area contributed by atoms with Crippen LogP contribution in [0, 0.1) is 0 Å². The molecule has 1 aliphatic heterocycles. The minimum absolute atomic E-state index is 0.0437. The van der Waals surface area contributed by atoms with Crippen LogP contribution in [0.3, 0.4) is 0 Å². The zero-order valence-electron chi connectivity index (χ0n) is 10.9. The Bertz CT molecular complexity index is 281. The first-order valence-electron chi connectivity index (χ1n) is 6.44. The van der Waals surface area contributed by atoms with E-state index in [0.29, 0.717) is 19.8 Å². The number of carboxylic acids is 1. The van der Waals surface area contributed by atoms with E-state index >= 15 is 0 Å². The summed E-state index contributed by atoms with van der Waals surface area (Å²) in [6.45, 7) is 2.61. The molecule has 0 aliphatic carbocycles. The molecular weight excluding hydrogens is 270 g/mol. The van der Waals surface area contributed by atoms with E-state index in [2.05, 4.69) is 5.32 Å². The zero-order valence-corrected chi connectivity index (χ0v) is 11.7. The van der Waals surface area contributed by atoms with Crippen LogP contribution in [0.1, 0.15) is 19.3 Å². The number of hydrogen-bond donors (Lipinski definition) is 2. The van der Waals surface area contributed by atoms with Crippen molar-refractivity contribution in [3.63, 3.8) is 0 Å². The normalized spacial score (nSPS) is 18.4. The molecule has 1 heterocycles. The Balaban J connectivity index is 1.84. The van der Waals surface area contributed by atoms with Gasteiger partial charge in [0.25, 0.3) is 0 Å². The minimum atomic E-state index is -0.902. The van der Waals surface area contributed by atoms with Gasteiger partial charge in [-0.15, -0.1) is 11.8 Å². The summed E-state index contributed by atoms with van der Waals surface area (Å²) in [5.74, 6) is -0.897.